The van der Waals surface area contributed by atoms with Crippen LogP contribution >= 0.6 is 15.9 Å². The molecule has 1 heterocycles. The monoisotopic (exact) mass is 253 g/mol. The van der Waals surface area contributed by atoms with Crippen molar-refractivity contribution in [3.63, 3.8) is 0 Å². The smallest absolute Gasteiger partial charge is 0.379 e. The van der Waals surface area contributed by atoms with Crippen LogP contribution < -0.4 is 9.47 Å². The minimum absolute atomic E-state index is 0.305. The summed E-state index contributed by atoms with van der Waals surface area (Å²) in [5.41, 5.74) is 0.604. The maximum Gasteiger partial charge on any atom is 0.379 e. The average molecular weight is 254 g/mol. The van der Waals surface area contributed by atoms with Gasteiger partial charge in [-0.3, -0.25) is 0 Å². The fourth-order valence-electron chi connectivity index (χ4n) is 1.34. The molecule has 0 fully saturated rings. The van der Waals surface area contributed by atoms with E-state index in [0.717, 1.165) is 14.6 Å². The Morgan fingerprint density at radius 2 is 2.07 bits per heavy atom. The van der Waals surface area contributed by atoms with Gasteiger partial charge in [0.15, 0.2) is 0 Å². The summed E-state index contributed by atoms with van der Waals surface area (Å²) in [4.78, 5) is 0. The summed E-state index contributed by atoms with van der Waals surface area (Å²) in [5, 5.41) is 12.5. The standard InChI is InChI=1S/C10H8BrNO2/c1-14-10-5-2-7-6-8(11)3-4-9(7)12(10)13/h2-6H,1H3. The summed E-state index contributed by atoms with van der Waals surface area (Å²) < 4.78 is 6.66. The molecule has 2 rings (SSSR count). The van der Waals surface area contributed by atoms with Crippen LogP contribution in [0.5, 0.6) is 5.88 Å². The largest absolute Gasteiger partial charge is 0.616 e. The zero-order chi connectivity index (χ0) is 10.1. The molecule has 72 valence electrons. The fourth-order valence-corrected chi connectivity index (χ4v) is 1.72. The highest BCUT2D eigenvalue weighted by Gasteiger charge is 2.09. The first kappa shape index (κ1) is 9.27. The van der Waals surface area contributed by atoms with Crippen LogP contribution in [0.15, 0.2) is 34.8 Å². The van der Waals surface area contributed by atoms with E-state index in [1.807, 2.05) is 18.2 Å². The lowest BCUT2D eigenvalue weighted by molar-refractivity contribution is -0.584. The SMILES string of the molecule is COc1ccc2cc(Br)ccc2[n+]1[O-]. The van der Waals surface area contributed by atoms with Crippen molar-refractivity contribution in [2.24, 2.45) is 0 Å². The summed E-state index contributed by atoms with van der Waals surface area (Å²) in [6.45, 7) is 0. The van der Waals surface area contributed by atoms with Gasteiger partial charge in [-0.15, -0.1) is 4.73 Å². The van der Waals surface area contributed by atoms with Crippen molar-refractivity contribution >= 4 is 26.8 Å². The first-order valence-electron chi connectivity index (χ1n) is 4.08. The van der Waals surface area contributed by atoms with Gasteiger partial charge in [0, 0.05) is 15.9 Å². The van der Waals surface area contributed by atoms with Gasteiger partial charge >= 0.3 is 5.88 Å². The lowest BCUT2D eigenvalue weighted by atomic mass is 10.2. The number of nitrogens with zero attached hydrogens (tertiary/aromatic N) is 1. The Morgan fingerprint density at radius 3 is 2.79 bits per heavy atom. The van der Waals surface area contributed by atoms with E-state index in [0.29, 0.717) is 11.4 Å². The van der Waals surface area contributed by atoms with Crippen molar-refractivity contribution in [2.75, 3.05) is 7.11 Å². The van der Waals surface area contributed by atoms with Gasteiger partial charge in [0.1, 0.15) is 0 Å². The van der Waals surface area contributed by atoms with Crippen molar-refractivity contribution in [2.45, 2.75) is 0 Å². The Bertz CT molecular complexity index is 485. The van der Waals surface area contributed by atoms with Gasteiger partial charge in [-0.05, 0) is 18.2 Å². The van der Waals surface area contributed by atoms with E-state index in [9.17, 15) is 5.21 Å². The summed E-state index contributed by atoms with van der Waals surface area (Å²) in [6.07, 6.45) is 0. The average Bonchev–Trinajstić information content (AvgIpc) is 2.18. The molecule has 0 atom stereocenters. The van der Waals surface area contributed by atoms with Crippen LogP contribution in [0.25, 0.3) is 10.9 Å². The molecule has 1 aromatic carbocycles. The zero-order valence-electron chi connectivity index (χ0n) is 7.53. The number of aromatic nitrogens is 1. The van der Waals surface area contributed by atoms with Crippen LogP contribution in [-0.2, 0) is 0 Å². The summed E-state index contributed by atoms with van der Waals surface area (Å²) in [7, 11) is 1.48. The Kier molecular flexibility index (Phi) is 2.29. The summed E-state index contributed by atoms with van der Waals surface area (Å²) >= 11 is 3.35. The molecule has 0 unspecified atom stereocenters. The Labute approximate surface area is 89.6 Å². The van der Waals surface area contributed by atoms with E-state index < -0.39 is 0 Å². The predicted octanol–water partition coefficient (Wildman–Crippen LogP) is 2.24. The van der Waals surface area contributed by atoms with Gasteiger partial charge in [0.25, 0.3) is 0 Å². The molecule has 0 spiro atoms. The van der Waals surface area contributed by atoms with Crippen molar-refractivity contribution in [3.8, 4) is 5.88 Å². The van der Waals surface area contributed by atoms with Gasteiger partial charge in [0.05, 0.1) is 13.2 Å². The van der Waals surface area contributed by atoms with E-state index >= 15 is 0 Å². The third-order valence-corrected chi connectivity index (χ3v) is 2.52. The number of pyridine rings is 1. The lowest BCUT2D eigenvalue weighted by Gasteiger charge is -2.05. The lowest BCUT2D eigenvalue weighted by Crippen LogP contribution is -2.29. The van der Waals surface area contributed by atoms with Crippen LogP contribution in [0.2, 0.25) is 0 Å². The Balaban J connectivity index is 2.77. The van der Waals surface area contributed by atoms with Crippen LogP contribution in [0.3, 0.4) is 0 Å². The van der Waals surface area contributed by atoms with Crippen LogP contribution in [0.1, 0.15) is 0 Å². The van der Waals surface area contributed by atoms with Gasteiger partial charge in [-0.2, -0.15) is 0 Å². The number of methoxy groups -OCH3 is 1. The number of ether oxygens (including phenoxy) is 1. The van der Waals surface area contributed by atoms with Crippen molar-refractivity contribution in [3.05, 3.63) is 40.0 Å². The van der Waals surface area contributed by atoms with Crippen LogP contribution in [-0.4, -0.2) is 7.11 Å². The zero-order valence-corrected chi connectivity index (χ0v) is 9.11. The van der Waals surface area contributed by atoms with Crippen molar-refractivity contribution in [1.82, 2.24) is 0 Å². The summed E-state index contributed by atoms with van der Waals surface area (Å²) in [5.74, 6) is 0.305. The second-order valence-electron chi connectivity index (χ2n) is 2.87. The number of hydrogen-bond acceptors (Lipinski definition) is 2. The van der Waals surface area contributed by atoms with E-state index in [-0.39, 0.29) is 0 Å². The molecular formula is C10H8BrNO2. The minimum atomic E-state index is 0.305. The molecule has 0 N–H and O–H groups in total. The summed E-state index contributed by atoms with van der Waals surface area (Å²) in [6, 6.07) is 8.99. The molecule has 1 aromatic heterocycles. The number of rotatable bonds is 1. The first-order chi connectivity index (χ1) is 6.72. The van der Waals surface area contributed by atoms with E-state index in [1.165, 1.54) is 7.11 Å². The third-order valence-electron chi connectivity index (χ3n) is 2.02. The predicted molar refractivity (Wildman–Crippen MR) is 57.2 cm³/mol. The number of halogens is 1. The van der Waals surface area contributed by atoms with Crippen molar-refractivity contribution in [1.29, 1.82) is 0 Å². The highest BCUT2D eigenvalue weighted by molar-refractivity contribution is 9.10. The van der Waals surface area contributed by atoms with Gasteiger partial charge in [-0.1, -0.05) is 15.9 Å². The van der Waals surface area contributed by atoms with E-state index in [2.05, 4.69) is 15.9 Å². The Morgan fingerprint density at radius 1 is 1.29 bits per heavy atom. The molecular weight excluding hydrogens is 246 g/mol. The van der Waals surface area contributed by atoms with Crippen LogP contribution in [0, 0.1) is 5.21 Å². The molecule has 3 nitrogen and oxygen atoms in total. The highest BCUT2D eigenvalue weighted by Crippen LogP contribution is 2.19. The molecule has 0 bridgehead atoms. The van der Waals surface area contributed by atoms with E-state index in [1.54, 1.807) is 12.1 Å². The molecule has 0 radical (unpaired) electrons. The molecule has 0 amide bonds. The molecule has 0 aliphatic carbocycles. The topological polar surface area (TPSA) is 36.2 Å². The quantitative estimate of drug-likeness (QED) is 0.578. The van der Waals surface area contributed by atoms with Gasteiger partial charge in [0.2, 0.25) is 5.52 Å². The first-order valence-corrected chi connectivity index (χ1v) is 4.87. The minimum Gasteiger partial charge on any atom is -0.616 e. The second-order valence-corrected chi connectivity index (χ2v) is 3.79. The normalized spacial score (nSPS) is 10.4. The molecule has 2 aromatic rings. The molecule has 14 heavy (non-hydrogen) atoms. The maximum absolute atomic E-state index is 11.6. The molecule has 0 saturated heterocycles. The van der Waals surface area contributed by atoms with Crippen molar-refractivity contribution < 1.29 is 9.47 Å². The van der Waals surface area contributed by atoms with E-state index in [4.69, 9.17) is 4.74 Å². The maximum atomic E-state index is 11.6. The van der Waals surface area contributed by atoms with Gasteiger partial charge < -0.3 is 9.94 Å². The number of hydrogen-bond donors (Lipinski definition) is 0. The van der Waals surface area contributed by atoms with Crippen LogP contribution in [0.4, 0.5) is 0 Å². The second kappa shape index (κ2) is 3.46. The molecule has 0 saturated carbocycles. The molecule has 4 heteroatoms. The number of fused-ring (bicyclic) bond motifs is 1. The molecule has 0 aliphatic rings. The molecule has 0 aliphatic heterocycles. The van der Waals surface area contributed by atoms with Gasteiger partial charge in [-0.25, -0.2) is 0 Å². The fraction of sp³-hybridized carbons (Fsp3) is 0.100. The highest BCUT2D eigenvalue weighted by atomic mass is 79.9. The third kappa shape index (κ3) is 1.42. The number of benzene rings is 1. The Hall–Kier alpha value is -1.29.